The maximum absolute atomic E-state index is 5.78. The van der Waals surface area contributed by atoms with Crippen molar-refractivity contribution in [1.82, 2.24) is 10.3 Å². The summed E-state index contributed by atoms with van der Waals surface area (Å²) in [6, 6.07) is 3.99. The SMILES string of the molecule is Cl.c1cc(COC2CCCNC2)ccn1. The molecular formula is C11H17ClN2O. The molecule has 1 aliphatic heterocycles. The molecule has 0 radical (unpaired) electrons. The lowest BCUT2D eigenvalue weighted by Crippen LogP contribution is -2.35. The third-order valence-corrected chi connectivity index (χ3v) is 2.49. The van der Waals surface area contributed by atoms with E-state index in [-0.39, 0.29) is 12.4 Å². The van der Waals surface area contributed by atoms with E-state index >= 15 is 0 Å². The van der Waals surface area contributed by atoms with Gasteiger partial charge in [0.25, 0.3) is 0 Å². The summed E-state index contributed by atoms with van der Waals surface area (Å²) in [7, 11) is 0. The molecule has 1 saturated heterocycles. The molecule has 3 nitrogen and oxygen atoms in total. The summed E-state index contributed by atoms with van der Waals surface area (Å²) in [6.07, 6.45) is 6.39. The topological polar surface area (TPSA) is 34.1 Å². The number of piperidine rings is 1. The highest BCUT2D eigenvalue weighted by Crippen LogP contribution is 2.09. The number of aromatic nitrogens is 1. The summed E-state index contributed by atoms with van der Waals surface area (Å²) in [6.45, 7) is 2.83. The van der Waals surface area contributed by atoms with Gasteiger partial charge in [0.1, 0.15) is 0 Å². The van der Waals surface area contributed by atoms with Crippen LogP contribution in [-0.2, 0) is 11.3 Å². The highest BCUT2D eigenvalue weighted by molar-refractivity contribution is 5.85. The van der Waals surface area contributed by atoms with Gasteiger partial charge in [-0.2, -0.15) is 0 Å². The van der Waals surface area contributed by atoms with Crippen LogP contribution in [0.25, 0.3) is 0 Å². The summed E-state index contributed by atoms with van der Waals surface area (Å²) in [5.74, 6) is 0. The molecule has 0 aliphatic carbocycles. The van der Waals surface area contributed by atoms with Crippen molar-refractivity contribution in [2.24, 2.45) is 0 Å². The van der Waals surface area contributed by atoms with E-state index in [4.69, 9.17) is 4.74 Å². The lowest BCUT2D eigenvalue weighted by atomic mass is 10.1. The molecule has 1 aliphatic rings. The van der Waals surface area contributed by atoms with Gasteiger partial charge in [-0.05, 0) is 37.1 Å². The van der Waals surface area contributed by atoms with Crippen molar-refractivity contribution >= 4 is 12.4 Å². The lowest BCUT2D eigenvalue weighted by molar-refractivity contribution is 0.0252. The third kappa shape index (κ3) is 4.16. The van der Waals surface area contributed by atoms with Crippen molar-refractivity contribution in [2.75, 3.05) is 13.1 Å². The quantitative estimate of drug-likeness (QED) is 0.857. The van der Waals surface area contributed by atoms with Crippen LogP contribution in [0.5, 0.6) is 0 Å². The number of pyridine rings is 1. The van der Waals surface area contributed by atoms with Crippen molar-refractivity contribution in [3.8, 4) is 0 Å². The van der Waals surface area contributed by atoms with Gasteiger partial charge < -0.3 is 10.1 Å². The van der Waals surface area contributed by atoms with Crippen LogP contribution < -0.4 is 5.32 Å². The molecule has 0 aromatic carbocycles. The number of hydrogen-bond acceptors (Lipinski definition) is 3. The number of ether oxygens (including phenoxy) is 1. The zero-order valence-corrected chi connectivity index (χ0v) is 9.50. The second-order valence-electron chi connectivity index (χ2n) is 3.63. The highest BCUT2D eigenvalue weighted by Gasteiger charge is 2.12. The predicted molar refractivity (Wildman–Crippen MR) is 62.2 cm³/mol. The monoisotopic (exact) mass is 228 g/mol. The smallest absolute Gasteiger partial charge is 0.0722 e. The molecule has 2 rings (SSSR count). The Morgan fingerprint density at radius 1 is 1.40 bits per heavy atom. The fraction of sp³-hybridized carbons (Fsp3) is 0.545. The average molecular weight is 229 g/mol. The van der Waals surface area contributed by atoms with E-state index in [9.17, 15) is 0 Å². The lowest BCUT2D eigenvalue weighted by Gasteiger charge is -2.22. The molecule has 1 aromatic heterocycles. The Labute approximate surface area is 96.7 Å². The molecule has 0 amide bonds. The summed E-state index contributed by atoms with van der Waals surface area (Å²) in [4.78, 5) is 3.97. The Hall–Kier alpha value is -0.640. The molecule has 15 heavy (non-hydrogen) atoms. The van der Waals surface area contributed by atoms with Gasteiger partial charge in [0.15, 0.2) is 0 Å². The van der Waals surface area contributed by atoms with Gasteiger partial charge in [-0.3, -0.25) is 4.98 Å². The van der Waals surface area contributed by atoms with Crippen molar-refractivity contribution < 1.29 is 4.74 Å². The molecule has 0 spiro atoms. The normalized spacial score (nSPS) is 20.7. The molecular weight excluding hydrogens is 212 g/mol. The van der Waals surface area contributed by atoms with Crippen molar-refractivity contribution in [2.45, 2.75) is 25.6 Å². The van der Waals surface area contributed by atoms with E-state index in [2.05, 4.69) is 10.3 Å². The fourth-order valence-corrected chi connectivity index (χ4v) is 1.66. The van der Waals surface area contributed by atoms with Gasteiger partial charge in [-0.25, -0.2) is 0 Å². The van der Waals surface area contributed by atoms with Gasteiger partial charge in [-0.15, -0.1) is 12.4 Å². The minimum absolute atomic E-state index is 0. The van der Waals surface area contributed by atoms with Gasteiger partial charge in [0, 0.05) is 18.9 Å². The first-order chi connectivity index (χ1) is 6.95. The van der Waals surface area contributed by atoms with Crippen LogP contribution in [0.3, 0.4) is 0 Å². The van der Waals surface area contributed by atoms with Gasteiger partial charge in [-0.1, -0.05) is 0 Å². The number of nitrogens with one attached hydrogen (secondary N) is 1. The molecule has 1 fully saturated rings. The maximum atomic E-state index is 5.78. The largest absolute Gasteiger partial charge is 0.372 e. The van der Waals surface area contributed by atoms with Crippen LogP contribution in [0, 0.1) is 0 Å². The number of nitrogens with zero attached hydrogens (tertiary/aromatic N) is 1. The zero-order chi connectivity index (χ0) is 9.64. The molecule has 2 heterocycles. The molecule has 0 saturated carbocycles. The molecule has 1 aromatic rings. The average Bonchev–Trinajstić information content (AvgIpc) is 2.29. The van der Waals surface area contributed by atoms with E-state index in [0.717, 1.165) is 13.1 Å². The van der Waals surface area contributed by atoms with E-state index in [1.165, 1.54) is 18.4 Å². The first-order valence-corrected chi connectivity index (χ1v) is 5.16. The van der Waals surface area contributed by atoms with Gasteiger partial charge >= 0.3 is 0 Å². The molecule has 1 N–H and O–H groups in total. The fourth-order valence-electron chi connectivity index (χ4n) is 1.66. The highest BCUT2D eigenvalue weighted by atomic mass is 35.5. The van der Waals surface area contributed by atoms with Crippen LogP contribution >= 0.6 is 12.4 Å². The van der Waals surface area contributed by atoms with Crippen LogP contribution in [-0.4, -0.2) is 24.2 Å². The minimum Gasteiger partial charge on any atom is -0.372 e. The molecule has 1 atom stereocenters. The second-order valence-corrected chi connectivity index (χ2v) is 3.63. The van der Waals surface area contributed by atoms with Crippen LogP contribution in [0.4, 0.5) is 0 Å². The summed E-state index contributed by atoms with van der Waals surface area (Å²) < 4.78 is 5.78. The minimum atomic E-state index is 0. The van der Waals surface area contributed by atoms with Crippen LogP contribution in [0.2, 0.25) is 0 Å². The second kappa shape index (κ2) is 6.77. The number of halogens is 1. The molecule has 84 valence electrons. The van der Waals surface area contributed by atoms with E-state index in [1.807, 2.05) is 12.1 Å². The Kier molecular flexibility index (Phi) is 5.61. The standard InChI is InChI=1S/C11H16N2O.ClH/c1-2-11(8-13-5-1)14-9-10-3-6-12-7-4-10;/h3-4,6-7,11,13H,1-2,5,8-9H2;1H. The first kappa shape index (κ1) is 12.4. The van der Waals surface area contributed by atoms with Crippen molar-refractivity contribution in [1.29, 1.82) is 0 Å². The van der Waals surface area contributed by atoms with Gasteiger partial charge in [0.05, 0.1) is 12.7 Å². The molecule has 4 heteroatoms. The predicted octanol–water partition coefficient (Wildman–Crippen LogP) is 1.77. The first-order valence-electron chi connectivity index (χ1n) is 5.16. The van der Waals surface area contributed by atoms with E-state index < -0.39 is 0 Å². The Balaban J connectivity index is 0.00000112. The molecule has 1 unspecified atom stereocenters. The zero-order valence-electron chi connectivity index (χ0n) is 8.69. The van der Waals surface area contributed by atoms with Crippen molar-refractivity contribution in [3.63, 3.8) is 0 Å². The maximum Gasteiger partial charge on any atom is 0.0722 e. The van der Waals surface area contributed by atoms with E-state index in [0.29, 0.717) is 12.7 Å². The number of hydrogen-bond donors (Lipinski definition) is 1. The third-order valence-electron chi connectivity index (χ3n) is 2.49. The summed E-state index contributed by atoms with van der Waals surface area (Å²) in [5, 5.41) is 3.33. The van der Waals surface area contributed by atoms with Gasteiger partial charge in [0.2, 0.25) is 0 Å². The van der Waals surface area contributed by atoms with E-state index in [1.54, 1.807) is 12.4 Å². The summed E-state index contributed by atoms with van der Waals surface area (Å²) in [5.41, 5.74) is 1.20. The van der Waals surface area contributed by atoms with Crippen molar-refractivity contribution in [3.05, 3.63) is 30.1 Å². The molecule has 0 bridgehead atoms. The number of rotatable bonds is 3. The Bertz CT molecular complexity index is 263. The van der Waals surface area contributed by atoms with Crippen LogP contribution in [0.1, 0.15) is 18.4 Å². The summed E-state index contributed by atoms with van der Waals surface area (Å²) >= 11 is 0. The Morgan fingerprint density at radius 2 is 2.20 bits per heavy atom. The Morgan fingerprint density at radius 3 is 2.87 bits per heavy atom. The van der Waals surface area contributed by atoms with Crippen LogP contribution in [0.15, 0.2) is 24.5 Å².